The Bertz CT molecular complexity index is 2720. The first-order chi connectivity index (χ1) is 29.1. The SMILES string of the molecule is O=C(NC1=NC(=Cc2[nH]c(NC(=O)C3CCCCC3)c(-c3nc4ccccc4s3)c2-c2ccccc2)C(c2ccccc2)=C1c1nc2ccccc2s1)C1CCCCC1. The molecule has 2 aliphatic carbocycles. The summed E-state index contributed by atoms with van der Waals surface area (Å²) in [5, 5.41) is 8.31. The molecule has 4 aromatic carbocycles. The number of fused-ring (bicyclic) bond motifs is 2. The standard InChI is InChI=1S/C49H44N6O2S2/c56-46(32-21-9-3-10-22-32)54-44-42(48-52-34-25-13-15-27-38(34)58-48)40(30-17-5-1-6-18-30)36(50-44)29-37-41(31-19-7-2-8-20-31)43(49-53-35-26-14-16-28-39(35)59-49)45(51-37)55-47(57)33-23-11-4-12-24-33/h1-2,5-8,13-20,25-29,32-33,50H,3-4,9-12,21-24H2,(H,54,56)(H,51,55,57). The maximum Gasteiger partial charge on any atom is 0.228 e. The second kappa shape index (κ2) is 16.4. The molecule has 0 bridgehead atoms. The number of nitrogens with zero attached hydrogens (tertiary/aromatic N) is 3. The fourth-order valence-electron chi connectivity index (χ4n) is 8.89. The molecule has 0 saturated heterocycles. The molecular formula is C49H44N6O2S2. The number of carbonyl (C=O) groups is 2. The van der Waals surface area contributed by atoms with E-state index in [9.17, 15) is 9.59 Å². The van der Waals surface area contributed by atoms with E-state index in [4.69, 9.17) is 15.0 Å². The van der Waals surface area contributed by atoms with E-state index in [-0.39, 0.29) is 23.7 Å². The van der Waals surface area contributed by atoms with Crippen molar-refractivity contribution < 1.29 is 9.59 Å². The van der Waals surface area contributed by atoms with Crippen LogP contribution in [0.1, 0.15) is 80.5 Å². The summed E-state index contributed by atoms with van der Waals surface area (Å²) in [4.78, 5) is 47.5. The predicted octanol–water partition coefficient (Wildman–Crippen LogP) is 12.1. The van der Waals surface area contributed by atoms with Crippen molar-refractivity contribution in [3.8, 4) is 21.7 Å². The van der Waals surface area contributed by atoms with E-state index in [1.807, 2.05) is 72.8 Å². The first kappa shape index (κ1) is 37.3. The molecule has 3 aromatic heterocycles. The van der Waals surface area contributed by atoms with E-state index in [2.05, 4.69) is 58.1 Å². The van der Waals surface area contributed by atoms with Crippen LogP contribution in [0, 0.1) is 11.8 Å². The van der Waals surface area contributed by atoms with Crippen molar-refractivity contribution in [3.63, 3.8) is 0 Å². The summed E-state index contributed by atoms with van der Waals surface area (Å²) < 4.78 is 2.13. The van der Waals surface area contributed by atoms with Gasteiger partial charge < -0.3 is 15.6 Å². The van der Waals surface area contributed by atoms with Gasteiger partial charge in [-0.25, -0.2) is 15.0 Å². The number of H-pyrrole nitrogens is 1. The lowest BCUT2D eigenvalue weighted by atomic mass is 9.88. The van der Waals surface area contributed by atoms with Crippen molar-refractivity contribution in [1.29, 1.82) is 0 Å². The van der Waals surface area contributed by atoms with Crippen LogP contribution in [0.2, 0.25) is 0 Å². The lowest BCUT2D eigenvalue weighted by Crippen LogP contribution is -2.36. The number of carbonyl (C=O) groups excluding carboxylic acids is 2. The molecule has 0 spiro atoms. The molecule has 1 aliphatic heterocycles. The highest BCUT2D eigenvalue weighted by atomic mass is 32.1. The van der Waals surface area contributed by atoms with Gasteiger partial charge in [0.15, 0.2) is 0 Å². The second-order valence-electron chi connectivity index (χ2n) is 15.8. The average molecular weight is 813 g/mol. The molecular weight excluding hydrogens is 769 g/mol. The number of aliphatic imine (C=N–C) groups is 1. The first-order valence-electron chi connectivity index (χ1n) is 20.8. The number of hydrogen-bond donors (Lipinski definition) is 3. The third kappa shape index (κ3) is 7.47. The molecule has 7 aromatic rings. The first-order valence-corrected chi connectivity index (χ1v) is 22.5. The fraction of sp³-hybridized carbons (Fsp3) is 0.245. The van der Waals surface area contributed by atoms with E-state index in [0.29, 0.717) is 17.4 Å². The highest BCUT2D eigenvalue weighted by Gasteiger charge is 2.33. The number of amidine groups is 1. The van der Waals surface area contributed by atoms with Crippen molar-refractivity contribution in [3.05, 3.63) is 131 Å². The van der Waals surface area contributed by atoms with Crippen LogP contribution in [0.25, 0.3) is 59.4 Å². The molecule has 294 valence electrons. The largest absolute Gasteiger partial charge is 0.341 e. The molecule has 59 heavy (non-hydrogen) atoms. The van der Waals surface area contributed by atoms with Gasteiger partial charge in [0, 0.05) is 23.0 Å². The maximum atomic E-state index is 14.1. The number of benzene rings is 4. The van der Waals surface area contributed by atoms with Crippen LogP contribution in [-0.2, 0) is 9.59 Å². The van der Waals surface area contributed by atoms with Crippen LogP contribution in [0.15, 0.2) is 120 Å². The van der Waals surface area contributed by atoms with Crippen molar-refractivity contribution in [2.45, 2.75) is 64.2 Å². The van der Waals surface area contributed by atoms with Crippen LogP contribution < -0.4 is 10.6 Å². The molecule has 10 rings (SSSR count). The normalized spacial score (nSPS) is 17.2. The summed E-state index contributed by atoms with van der Waals surface area (Å²) in [7, 11) is 0. The molecule has 0 unspecified atom stereocenters. The Balaban J connectivity index is 1.20. The van der Waals surface area contributed by atoms with Gasteiger partial charge >= 0.3 is 0 Å². The molecule has 10 heteroatoms. The van der Waals surface area contributed by atoms with Gasteiger partial charge in [0.1, 0.15) is 21.7 Å². The van der Waals surface area contributed by atoms with E-state index in [1.165, 1.54) is 6.42 Å². The number of aromatic amines is 1. The smallest absolute Gasteiger partial charge is 0.228 e. The van der Waals surface area contributed by atoms with Crippen LogP contribution in [0.5, 0.6) is 0 Å². The summed E-state index contributed by atoms with van der Waals surface area (Å²) in [6.07, 6.45) is 12.1. The van der Waals surface area contributed by atoms with Crippen molar-refractivity contribution in [1.82, 2.24) is 20.3 Å². The zero-order valence-electron chi connectivity index (χ0n) is 32.7. The second-order valence-corrected chi connectivity index (χ2v) is 17.8. The number of anilines is 1. The van der Waals surface area contributed by atoms with Crippen molar-refractivity contribution >= 4 is 83.8 Å². The van der Waals surface area contributed by atoms with Gasteiger partial charge in [-0.2, -0.15) is 0 Å². The number of allylic oxidation sites excluding steroid dienone is 1. The molecule has 4 heterocycles. The highest BCUT2D eigenvalue weighted by Crippen LogP contribution is 2.47. The molecule has 0 radical (unpaired) electrons. The van der Waals surface area contributed by atoms with Gasteiger partial charge in [0.25, 0.3) is 0 Å². The number of aromatic nitrogens is 3. The summed E-state index contributed by atoms with van der Waals surface area (Å²) in [6, 6.07) is 36.8. The molecule has 3 N–H and O–H groups in total. The summed E-state index contributed by atoms with van der Waals surface area (Å²) in [5.74, 6) is 1.06. The minimum atomic E-state index is -0.0592. The quantitative estimate of drug-likeness (QED) is 0.142. The minimum Gasteiger partial charge on any atom is -0.341 e. The zero-order valence-corrected chi connectivity index (χ0v) is 34.3. The molecule has 0 atom stereocenters. The number of hydrogen-bond acceptors (Lipinski definition) is 7. The van der Waals surface area contributed by atoms with Gasteiger partial charge in [-0.15, -0.1) is 22.7 Å². The molecule has 2 saturated carbocycles. The van der Waals surface area contributed by atoms with Gasteiger partial charge in [0.05, 0.1) is 43.0 Å². The van der Waals surface area contributed by atoms with Crippen LogP contribution in [0.4, 0.5) is 5.82 Å². The average Bonchev–Trinajstić information content (AvgIpc) is 4.07. The molecule has 2 amide bonds. The van der Waals surface area contributed by atoms with Gasteiger partial charge in [0.2, 0.25) is 11.8 Å². The van der Waals surface area contributed by atoms with Crippen LogP contribution in [0.3, 0.4) is 0 Å². The predicted molar refractivity (Wildman–Crippen MR) is 243 cm³/mol. The Morgan fingerprint density at radius 1 is 0.576 bits per heavy atom. The lowest BCUT2D eigenvalue weighted by molar-refractivity contribution is -0.124. The molecule has 3 aliphatic rings. The minimum absolute atomic E-state index is 0.00593. The number of nitrogens with one attached hydrogen (secondary N) is 3. The highest BCUT2D eigenvalue weighted by molar-refractivity contribution is 7.21. The Morgan fingerprint density at radius 2 is 1.10 bits per heavy atom. The summed E-state index contributed by atoms with van der Waals surface area (Å²) in [5.41, 5.74) is 8.66. The third-order valence-electron chi connectivity index (χ3n) is 11.9. The number of thiazole rings is 2. The number of rotatable bonds is 8. The van der Waals surface area contributed by atoms with E-state index >= 15 is 0 Å². The zero-order chi connectivity index (χ0) is 39.7. The Morgan fingerprint density at radius 3 is 1.71 bits per heavy atom. The monoisotopic (exact) mass is 812 g/mol. The van der Waals surface area contributed by atoms with Gasteiger partial charge in [-0.3, -0.25) is 9.59 Å². The maximum absolute atomic E-state index is 14.1. The van der Waals surface area contributed by atoms with Crippen LogP contribution >= 0.6 is 22.7 Å². The number of amides is 2. The Labute approximate surface area is 351 Å². The van der Waals surface area contributed by atoms with Gasteiger partial charge in [-0.1, -0.05) is 123 Å². The fourth-order valence-corrected chi connectivity index (χ4v) is 10.9. The molecule has 8 nitrogen and oxygen atoms in total. The number of para-hydroxylation sites is 2. The summed E-state index contributed by atoms with van der Waals surface area (Å²) >= 11 is 3.22. The van der Waals surface area contributed by atoms with Crippen molar-refractivity contribution in [2.24, 2.45) is 16.8 Å². The van der Waals surface area contributed by atoms with E-state index in [1.54, 1.807) is 22.7 Å². The Kier molecular flexibility index (Phi) is 10.3. The topological polar surface area (TPSA) is 112 Å². The lowest BCUT2D eigenvalue weighted by Gasteiger charge is -2.21. The summed E-state index contributed by atoms with van der Waals surface area (Å²) in [6.45, 7) is 0. The van der Waals surface area contributed by atoms with Crippen molar-refractivity contribution in [2.75, 3.05) is 5.32 Å². The third-order valence-corrected chi connectivity index (χ3v) is 14.0. The van der Waals surface area contributed by atoms with E-state index in [0.717, 1.165) is 127 Å². The van der Waals surface area contributed by atoms with Gasteiger partial charge in [-0.05, 0) is 67.2 Å². The molecule has 2 fully saturated rings. The van der Waals surface area contributed by atoms with E-state index < -0.39 is 0 Å². The Hall–Kier alpha value is -5.97. The van der Waals surface area contributed by atoms with Crippen LogP contribution in [-0.4, -0.2) is 32.6 Å².